The number of nitrogens with zero attached hydrogens (tertiary/aromatic N) is 1. The molecule has 0 unspecified atom stereocenters. The Labute approximate surface area is 225 Å². The van der Waals surface area contributed by atoms with Crippen molar-refractivity contribution in [2.24, 2.45) is 0 Å². The standard InChI is InChI=1S/C27H29ClN2O6S/c1-4-6-13-35-26(33)21-15-19(9-12-22(21)28)29-24(31)16-30-25(32)23(37-27(30)34)14-18-7-10-20(11-8-18)36-17(3)5-2/h7-12,14-15,17H,4-6,13,16H2,1-3H3,(H,29,31)/b23-14-/t17-/m0/s1. The maximum atomic E-state index is 12.8. The first kappa shape index (κ1) is 28.3. The van der Waals surface area contributed by atoms with Crippen molar-refractivity contribution in [3.63, 3.8) is 0 Å². The van der Waals surface area contributed by atoms with Crippen LogP contribution in [-0.4, -0.2) is 47.2 Å². The van der Waals surface area contributed by atoms with Gasteiger partial charge >= 0.3 is 5.97 Å². The molecule has 196 valence electrons. The van der Waals surface area contributed by atoms with E-state index in [-0.39, 0.29) is 28.2 Å². The number of halogens is 1. The van der Waals surface area contributed by atoms with E-state index >= 15 is 0 Å². The van der Waals surface area contributed by atoms with Crippen LogP contribution in [0, 0.1) is 0 Å². The van der Waals surface area contributed by atoms with Crippen molar-refractivity contribution in [1.82, 2.24) is 4.90 Å². The number of benzene rings is 2. The van der Waals surface area contributed by atoms with Crippen LogP contribution in [0.15, 0.2) is 47.4 Å². The van der Waals surface area contributed by atoms with Crippen LogP contribution in [0.4, 0.5) is 10.5 Å². The molecule has 3 amide bonds. The Morgan fingerprint density at radius 3 is 2.54 bits per heavy atom. The number of hydrogen-bond acceptors (Lipinski definition) is 7. The van der Waals surface area contributed by atoms with Crippen LogP contribution < -0.4 is 10.1 Å². The SMILES string of the molecule is CCCCOC(=O)c1cc(NC(=O)CN2C(=O)S/C(=C\c3ccc(O[C@@H](C)CC)cc3)C2=O)ccc1Cl. The highest BCUT2D eigenvalue weighted by Gasteiger charge is 2.36. The Morgan fingerprint density at radius 1 is 1.14 bits per heavy atom. The summed E-state index contributed by atoms with van der Waals surface area (Å²) in [4.78, 5) is 51.2. The number of anilines is 1. The summed E-state index contributed by atoms with van der Waals surface area (Å²) >= 11 is 6.88. The van der Waals surface area contributed by atoms with Crippen LogP contribution >= 0.6 is 23.4 Å². The maximum Gasteiger partial charge on any atom is 0.339 e. The second-order valence-corrected chi connectivity index (χ2v) is 9.81. The van der Waals surface area contributed by atoms with E-state index in [1.807, 2.05) is 20.8 Å². The van der Waals surface area contributed by atoms with Crippen molar-refractivity contribution in [2.45, 2.75) is 46.1 Å². The summed E-state index contributed by atoms with van der Waals surface area (Å²) in [6, 6.07) is 11.6. The third-order valence-corrected chi connectivity index (χ3v) is 6.70. The Balaban J connectivity index is 1.62. The van der Waals surface area contributed by atoms with Gasteiger partial charge in [0.25, 0.3) is 11.1 Å². The molecule has 1 aliphatic rings. The molecule has 0 bridgehead atoms. The number of carbonyl (C=O) groups excluding carboxylic acids is 4. The number of carbonyl (C=O) groups is 4. The van der Waals surface area contributed by atoms with Gasteiger partial charge in [0, 0.05) is 5.69 Å². The predicted octanol–water partition coefficient (Wildman–Crippen LogP) is 6.15. The van der Waals surface area contributed by atoms with Gasteiger partial charge in [0.2, 0.25) is 5.91 Å². The molecule has 1 fully saturated rings. The second-order valence-electron chi connectivity index (χ2n) is 8.41. The molecule has 8 nitrogen and oxygen atoms in total. The summed E-state index contributed by atoms with van der Waals surface area (Å²) in [5, 5.41) is 2.24. The summed E-state index contributed by atoms with van der Waals surface area (Å²) in [6.45, 7) is 5.79. The summed E-state index contributed by atoms with van der Waals surface area (Å²) < 4.78 is 10.9. The van der Waals surface area contributed by atoms with Gasteiger partial charge in [-0.25, -0.2) is 4.79 Å². The molecular formula is C27H29ClN2O6S. The average molecular weight is 545 g/mol. The van der Waals surface area contributed by atoms with E-state index in [1.54, 1.807) is 30.3 Å². The van der Waals surface area contributed by atoms with Gasteiger partial charge in [-0.3, -0.25) is 19.3 Å². The monoisotopic (exact) mass is 544 g/mol. The van der Waals surface area contributed by atoms with Crippen LogP contribution in [0.25, 0.3) is 6.08 Å². The highest BCUT2D eigenvalue weighted by molar-refractivity contribution is 8.18. The van der Waals surface area contributed by atoms with Crippen molar-refractivity contribution >= 4 is 58.1 Å². The molecule has 1 heterocycles. The van der Waals surface area contributed by atoms with Gasteiger partial charge in [-0.05, 0) is 73.5 Å². The number of nitrogens with one attached hydrogen (secondary N) is 1. The minimum Gasteiger partial charge on any atom is -0.491 e. The normalized spacial score (nSPS) is 15.1. The number of hydrogen-bond donors (Lipinski definition) is 1. The van der Waals surface area contributed by atoms with Gasteiger partial charge in [0.05, 0.1) is 28.2 Å². The van der Waals surface area contributed by atoms with Crippen LogP contribution in [0.1, 0.15) is 56.0 Å². The Kier molecular flexibility index (Phi) is 10.2. The second kappa shape index (κ2) is 13.3. The molecular weight excluding hydrogens is 516 g/mol. The lowest BCUT2D eigenvalue weighted by Gasteiger charge is -2.13. The molecule has 1 N–H and O–H groups in total. The Morgan fingerprint density at radius 2 is 1.86 bits per heavy atom. The molecule has 1 atom stereocenters. The Bertz CT molecular complexity index is 1200. The van der Waals surface area contributed by atoms with Crippen molar-refractivity contribution in [1.29, 1.82) is 0 Å². The van der Waals surface area contributed by atoms with Crippen molar-refractivity contribution < 1.29 is 28.7 Å². The van der Waals surface area contributed by atoms with Crippen LogP contribution in [-0.2, 0) is 14.3 Å². The van der Waals surface area contributed by atoms with Crippen LogP contribution in [0.2, 0.25) is 5.02 Å². The lowest BCUT2D eigenvalue weighted by Crippen LogP contribution is -2.36. The minimum atomic E-state index is -0.595. The van der Waals surface area contributed by atoms with E-state index in [1.165, 1.54) is 18.2 Å². The first-order valence-corrected chi connectivity index (χ1v) is 13.2. The van der Waals surface area contributed by atoms with E-state index in [0.717, 1.165) is 47.2 Å². The molecule has 10 heteroatoms. The lowest BCUT2D eigenvalue weighted by molar-refractivity contribution is -0.127. The zero-order valence-corrected chi connectivity index (χ0v) is 22.5. The van der Waals surface area contributed by atoms with Crippen LogP contribution in [0.3, 0.4) is 0 Å². The summed E-state index contributed by atoms with van der Waals surface area (Å²) in [5.74, 6) is -1.02. The molecule has 2 aromatic carbocycles. The maximum absolute atomic E-state index is 12.8. The fourth-order valence-corrected chi connectivity index (χ4v) is 4.27. The summed E-state index contributed by atoms with van der Waals surface area (Å²) in [5.41, 5.74) is 1.13. The molecule has 0 radical (unpaired) electrons. The molecule has 1 saturated heterocycles. The zero-order chi connectivity index (χ0) is 26.9. The third kappa shape index (κ3) is 7.84. The van der Waals surface area contributed by atoms with E-state index in [0.29, 0.717) is 5.69 Å². The fourth-order valence-electron chi connectivity index (χ4n) is 3.24. The molecule has 0 aromatic heterocycles. The van der Waals surface area contributed by atoms with Crippen molar-refractivity contribution in [3.8, 4) is 5.75 Å². The minimum absolute atomic E-state index is 0.0903. The molecule has 2 aromatic rings. The average Bonchev–Trinajstić information content (AvgIpc) is 3.13. The summed E-state index contributed by atoms with van der Waals surface area (Å²) in [7, 11) is 0. The van der Waals surface area contributed by atoms with E-state index in [2.05, 4.69) is 5.32 Å². The van der Waals surface area contributed by atoms with Gasteiger partial charge in [-0.15, -0.1) is 0 Å². The number of esters is 1. The smallest absolute Gasteiger partial charge is 0.339 e. The zero-order valence-electron chi connectivity index (χ0n) is 20.9. The lowest BCUT2D eigenvalue weighted by atomic mass is 10.2. The number of unbranched alkanes of at least 4 members (excludes halogenated alkanes) is 1. The third-order valence-electron chi connectivity index (χ3n) is 5.47. The topological polar surface area (TPSA) is 102 Å². The Hall–Kier alpha value is -3.30. The van der Waals surface area contributed by atoms with Crippen molar-refractivity contribution in [3.05, 3.63) is 63.5 Å². The van der Waals surface area contributed by atoms with Gasteiger partial charge < -0.3 is 14.8 Å². The van der Waals surface area contributed by atoms with E-state index in [9.17, 15) is 19.2 Å². The quantitative estimate of drug-likeness (QED) is 0.205. The molecule has 1 aliphatic heterocycles. The highest BCUT2D eigenvalue weighted by atomic mass is 35.5. The van der Waals surface area contributed by atoms with E-state index < -0.39 is 29.6 Å². The van der Waals surface area contributed by atoms with E-state index in [4.69, 9.17) is 21.1 Å². The fraction of sp³-hybridized carbons (Fsp3) is 0.333. The van der Waals surface area contributed by atoms with Gasteiger partial charge in [0.15, 0.2) is 0 Å². The van der Waals surface area contributed by atoms with Gasteiger partial charge in [-0.2, -0.15) is 0 Å². The molecule has 0 saturated carbocycles. The number of thioether (sulfide) groups is 1. The predicted molar refractivity (Wildman–Crippen MR) is 145 cm³/mol. The molecule has 37 heavy (non-hydrogen) atoms. The number of amides is 3. The largest absolute Gasteiger partial charge is 0.491 e. The molecule has 0 spiro atoms. The first-order valence-electron chi connectivity index (χ1n) is 12.0. The summed E-state index contributed by atoms with van der Waals surface area (Å²) in [6.07, 6.45) is 4.18. The number of imide groups is 1. The van der Waals surface area contributed by atoms with Crippen molar-refractivity contribution in [2.75, 3.05) is 18.5 Å². The first-order chi connectivity index (χ1) is 17.7. The number of rotatable bonds is 11. The molecule has 0 aliphatic carbocycles. The van der Waals surface area contributed by atoms with Gasteiger partial charge in [0.1, 0.15) is 12.3 Å². The highest BCUT2D eigenvalue weighted by Crippen LogP contribution is 2.32. The number of ether oxygens (including phenoxy) is 2. The van der Waals surface area contributed by atoms with Crippen LogP contribution in [0.5, 0.6) is 5.75 Å². The molecule has 3 rings (SSSR count). The van der Waals surface area contributed by atoms with Gasteiger partial charge in [-0.1, -0.05) is 44.0 Å².